The molecule has 2 rings (SSSR count). The molecule has 88 valence electrons. The van der Waals surface area contributed by atoms with Gasteiger partial charge in [0.05, 0.1) is 17.9 Å². The lowest BCUT2D eigenvalue weighted by Crippen LogP contribution is -2.05. The second-order valence-corrected chi connectivity index (χ2v) is 4.06. The third-order valence-corrected chi connectivity index (χ3v) is 2.61. The van der Waals surface area contributed by atoms with Crippen LogP contribution in [0.5, 0.6) is 0 Å². The summed E-state index contributed by atoms with van der Waals surface area (Å²) in [5, 5.41) is 3.09. The fourth-order valence-electron chi connectivity index (χ4n) is 1.73. The summed E-state index contributed by atoms with van der Waals surface area (Å²) in [6.07, 6.45) is 0. The molecule has 0 atom stereocenters. The van der Waals surface area contributed by atoms with E-state index >= 15 is 0 Å². The normalized spacial score (nSPS) is 10.3. The van der Waals surface area contributed by atoms with E-state index in [1.807, 2.05) is 38.1 Å². The van der Waals surface area contributed by atoms with E-state index < -0.39 is 0 Å². The summed E-state index contributed by atoms with van der Waals surface area (Å²) in [5.41, 5.74) is 3.33. The van der Waals surface area contributed by atoms with Crippen LogP contribution in [-0.4, -0.2) is 4.98 Å². The first-order valence-electron chi connectivity index (χ1n) is 5.58. The maximum absolute atomic E-state index is 13.5. The van der Waals surface area contributed by atoms with E-state index in [2.05, 4.69) is 10.3 Å². The van der Waals surface area contributed by atoms with E-state index in [1.54, 1.807) is 6.07 Å². The highest BCUT2D eigenvalue weighted by molar-refractivity contribution is 5.51. The molecule has 0 aliphatic rings. The fourth-order valence-corrected chi connectivity index (χ4v) is 1.73. The largest absolute Gasteiger partial charge is 0.377 e. The van der Waals surface area contributed by atoms with Crippen LogP contribution in [0.3, 0.4) is 0 Å². The zero-order valence-corrected chi connectivity index (χ0v) is 10.00. The van der Waals surface area contributed by atoms with E-state index in [1.165, 1.54) is 6.07 Å². The Hall–Kier alpha value is -1.90. The number of hydrogen-bond donors (Lipinski definition) is 1. The number of aromatic nitrogens is 1. The minimum Gasteiger partial charge on any atom is -0.377 e. The number of nitrogens with zero attached hydrogens (tertiary/aromatic N) is 1. The van der Waals surface area contributed by atoms with Gasteiger partial charge in [0.1, 0.15) is 5.82 Å². The van der Waals surface area contributed by atoms with E-state index in [0.29, 0.717) is 12.2 Å². The molecule has 1 aromatic heterocycles. The Labute approximate surface area is 101 Å². The Balaban J connectivity index is 2.13. The molecule has 0 fully saturated rings. The van der Waals surface area contributed by atoms with Crippen molar-refractivity contribution in [3.63, 3.8) is 0 Å². The number of halogens is 1. The van der Waals surface area contributed by atoms with Crippen LogP contribution in [0.15, 0.2) is 36.4 Å². The minimum absolute atomic E-state index is 0.224. The van der Waals surface area contributed by atoms with Gasteiger partial charge in [0, 0.05) is 5.69 Å². The van der Waals surface area contributed by atoms with E-state index in [0.717, 1.165) is 17.0 Å². The lowest BCUT2D eigenvalue weighted by molar-refractivity contribution is 0.629. The Morgan fingerprint density at radius 2 is 1.88 bits per heavy atom. The summed E-state index contributed by atoms with van der Waals surface area (Å²) in [4.78, 5) is 4.36. The first-order valence-corrected chi connectivity index (χ1v) is 5.58. The molecule has 2 aromatic rings. The van der Waals surface area contributed by atoms with Crippen molar-refractivity contribution in [1.82, 2.24) is 4.98 Å². The number of nitrogens with one attached hydrogen (secondary N) is 1. The topological polar surface area (TPSA) is 24.9 Å². The van der Waals surface area contributed by atoms with Crippen molar-refractivity contribution in [2.75, 3.05) is 5.32 Å². The Morgan fingerprint density at radius 1 is 1.12 bits per heavy atom. The molecule has 1 N–H and O–H groups in total. The Morgan fingerprint density at radius 3 is 2.59 bits per heavy atom. The maximum Gasteiger partial charge on any atom is 0.146 e. The maximum atomic E-state index is 13.5. The average Bonchev–Trinajstić information content (AvgIpc) is 2.28. The number of pyridine rings is 1. The fraction of sp³-hybridized carbons (Fsp3) is 0.214. The lowest BCUT2D eigenvalue weighted by atomic mass is 10.2. The van der Waals surface area contributed by atoms with Crippen molar-refractivity contribution >= 4 is 5.69 Å². The molecule has 17 heavy (non-hydrogen) atoms. The van der Waals surface area contributed by atoms with Gasteiger partial charge in [-0.25, -0.2) is 4.39 Å². The second-order valence-electron chi connectivity index (χ2n) is 4.06. The van der Waals surface area contributed by atoms with Gasteiger partial charge in [-0.15, -0.1) is 0 Å². The van der Waals surface area contributed by atoms with Crippen molar-refractivity contribution in [1.29, 1.82) is 0 Å². The molecule has 1 aromatic carbocycles. The van der Waals surface area contributed by atoms with Crippen molar-refractivity contribution in [2.45, 2.75) is 20.4 Å². The van der Waals surface area contributed by atoms with Gasteiger partial charge < -0.3 is 5.32 Å². The van der Waals surface area contributed by atoms with Gasteiger partial charge in [-0.1, -0.05) is 18.2 Å². The van der Waals surface area contributed by atoms with Crippen molar-refractivity contribution in [3.8, 4) is 0 Å². The van der Waals surface area contributed by atoms with Crippen molar-refractivity contribution < 1.29 is 4.39 Å². The first kappa shape index (κ1) is 11.6. The van der Waals surface area contributed by atoms with Crippen LogP contribution in [0.4, 0.5) is 10.1 Å². The summed E-state index contributed by atoms with van der Waals surface area (Å²) in [5.74, 6) is -0.224. The monoisotopic (exact) mass is 230 g/mol. The van der Waals surface area contributed by atoms with E-state index in [-0.39, 0.29) is 5.82 Å². The molecule has 0 spiro atoms. The van der Waals surface area contributed by atoms with E-state index in [9.17, 15) is 4.39 Å². The summed E-state index contributed by atoms with van der Waals surface area (Å²) < 4.78 is 13.5. The summed E-state index contributed by atoms with van der Waals surface area (Å²) in [6, 6.07) is 10.9. The van der Waals surface area contributed by atoms with Gasteiger partial charge in [0.2, 0.25) is 0 Å². The van der Waals surface area contributed by atoms with Gasteiger partial charge in [0.25, 0.3) is 0 Å². The zero-order chi connectivity index (χ0) is 12.3. The van der Waals surface area contributed by atoms with Gasteiger partial charge in [0.15, 0.2) is 0 Å². The predicted octanol–water partition coefficient (Wildman–Crippen LogP) is 3.45. The highest BCUT2D eigenvalue weighted by Crippen LogP contribution is 2.19. The SMILES string of the molecule is Cc1cccc(CNc2c(C)cccc2F)n1. The first-order chi connectivity index (χ1) is 8.16. The minimum atomic E-state index is -0.224. The summed E-state index contributed by atoms with van der Waals surface area (Å²) in [6.45, 7) is 4.36. The third-order valence-electron chi connectivity index (χ3n) is 2.61. The van der Waals surface area contributed by atoms with Gasteiger partial charge in [-0.3, -0.25) is 4.98 Å². The van der Waals surface area contributed by atoms with Crippen molar-refractivity contribution in [3.05, 3.63) is 59.2 Å². The zero-order valence-electron chi connectivity index (χ0n) is 10.00. The molecule has 2 nitrogen and oxygen atoms in total. The molecule has 0 saturated heterocycles. The molecular weight excluding hydrogens is 215 g/mol. The van der Waals surface area contributed by atoms with E-state index in [4.69, 9.17) is 0 Å². The van der Waals surface area contributed by atoms with Crippen LogP contribution >= 0.6 is 0 Å². The quantitative estimate of drug-likeness (QED) is 0.873. The molecule has 0 unspecified atom stereocenters. The number of para-hydroxylation sites is 1. The summed E-state index contributed by atoms with van der Waals surface area (Å²) >= 11 is 0. The standard InChI is InChI=1S/C14H15FN2/c1-10-5-3-8-13(15)14(10)16-9-12-7-4-6-11(2)17-12/h3-8,16H,9H2,1-2H3. The molecular formula is C14H15FN2. The number of hydrogen-bond acceptors (Lipinski definition) is 2. The smallest absolute Gasteiger partial charge is 0.146 e. The lowest BCUT2D eigenvalue weighted by Gasteiger charge is -2.10. The van der Waals surface area contributed by atoms with Crippen LogP contribution in [0.2, 0.25) is 0 Å². The molecule has 0 radical (unpaired) electrons. The molecule has 3 heteroatoms. The highest BCUT2D eigenvalue weighted by atomic mass is 19.1. The summed E-state index contributed by atoms with van der Waals surface area (Å²) in [7, 11) is 0. The Kier molecular flexibility index (Phi) is 3.38. The van der Waals surface area contributed by atoms with Crippen LogP contribution in [0.1, 0.15) is 17.0 Å². The van der Waals surface area contributed by atoms with Crippen LogP contribution in [0.25, 0.3) is 0 Å². The number of aryl methyl sites for hydroxylation is 2. The average molecular weight is 230 g/mol. The molecule has 0 bridgehead atoms. The highest BCUT2D eigenvalue weighted by Gasteiger charge is 2.04. The Bertz CT molecular complexity index is 503. The molecule has 0 aliphatic carbocycles. The molecule has 0 saturated carbocycles. The predicted molar refractivity (Wildman–Crippen MR) is 67.4 cm³/mol. The van der Waals surface area contributed by atoms with Gasteiger partial charge >= 0.3 is 0 Å². The van der Waals surface area contributed by atoms with Gasteiger partial charge in [-0.05, 0) is 37.6 Å². The molecule has 1 heterocycles. The van der Waals surface area contributed by atoms with Crippen molar-refractivity contribution in [2.24, 2.45) is 0 Å². The molecule has 0 amide bonds. The number of rotatable bonds is 3. The second kappa shape index (κ2) is 4.95. The van der Waals surface area contributed by atoms with Crippen LogP contribution in [-0.2, 0) is 6.54 Å². The van der Waals surface area contributed by atoms with Crippen LogP contribution < -0.4 is 5.32 Å². The third kappa shape index (κ3) is 2.81. The van der Waals surface area contributed by atoms with Gasteiger partial charge in [-0.2, -0.15) is 0 Å². The molecule has 0 aliphatic heterocycles. The van der Waals surface area contributed by atoms with Crippen LogP contribution in [0, 0.1) is 19.7 Å². The number of benzene rings is 1. The number of anilines is 1.